The summed E-state index contributed by atoms with van der Waals surface area (Å²) in [7, 11) is 0. The van der Waals surface area contributed by atoms with Gasteiger partial charge < -0.3 is 9.73 Å². The highest BCUT2D eigenvalue weighted by Crippen LogP contribution is 2.43. The molecule has 0 amide bonds. The van der Waals surface area contributed by atoms with E-state index in [0.29, 0.717) is 11.5 Å². The zero-order chi connectivity index (χ0) is 18.1. The van der Waals surface area contributed by atoms with Gasteiger partial charge in [0.15, 0.2) is 0 Å². The van der Waals surface area contributed by atoms with Gasteiger partial charge in [-0.25, -0.2) is 9.97 Å². The molecule has 0 atom stereocenters. The van der Waals surface area contributed by atoms with Gasteiger partial charge in [-0.15, -0.1) is 10.2 Å². The Morgan fingerprint density at radius 2 is 1.92 bits per heavy atom. The number of nitrogens with one attached hydrogen (secondary N) is 1. The third-order valence-corrected chi connectivity index (χ3v) is 4.65. The van der Waals surface area contributed by atoms with Gasteiger partial charge in [0, 0.05) is 12.4 Å². The number of aromatic nitrogens is 4. The first-order valence-electron chi connectivity index (χ1n) is 8.35. The summed E-state index contributed by atoms with van der Waals surface area (Å²) in [6.45, 7) is 2.07. The van der Waals surface area contributed by atoms with Gasteiger partial charge in [-0.05, 0) is 31.7 Å². The molecule has 6 nitrogen and oxygen atoms in total. The Morgan fingerprint density at radius 1 is 1.15 bits per heavy atom. The van der Waals surface area contributed by atoms with Crippen LogP contribution < -0.4 is 5.32 Å². The molecule has 1 saturated carbocycles. The van der Waals surface area contributed by atoms with Crippen molar-refractivity contribution in [3.05, 3.63) is 53.7 Å². The smallest absolute Gasteiger partial charge is 0.314 e. The van der Waals surface area contributed by atoms with E-state index in [1.807, 2.05) is 6.07 Å². The van der Waals surface area contributed by atoms with Crippen molar-refractivity contribution in [1.29, 1.82) is 0 Å². The highest BCUT2D eigenvalue weighted by atomic mass is 19.3. The van der Waals surface area contributed by atoms with Crippen LogP contribution in [0.15, 0.2) is 41.1 Å². The van der Waals surface area contributed by atoms with Crippen molar-refractivity contribution in [2.24, 2.45) is 0 Å². The monoisotopic (exact) mass is 357 g/mol. The lowest BCUT2D eigenvalue weighted by Gasteiger charge is -2.43. The van der Waals surface area contributed by atoms with Crippen molar-refractivity contribution >= 4 is 5.95 Å². The third-order valence-electron chi connectivity index (χ3n) is 4.65. The molecule has 0 spiro atoms. The third kappa shape index (κ3) is 3.02. The average Bonchev–Trinajstić information content (AvgIpc) is 3.09. The lowest BCUT2D eigenvalue weighted by atomic mass is 9.71. The largest absolute Gasteiger partial charge is 0.415 e. The highest BCUT2D eigenvalue weighted by Gasteiger charge is 2.39. The molecule has 134 valence electrons. The molecule has 1 aliphatic rings. The lowest BCUT2D eigenvalue weighted by Crippen LogP contribution is -2.42. The fourth-order valence-electron chi connectivity index (χ4n) is 3.12. The topological polar surface area (TPSA) is 76.7 Å². The second kappa shape index (κ2) is 6.44. The summed E-state index contributed by atoms with van der Waals surface area (Å²) < 4.78 is 30.0. The van der Waals surface area contributed by atoms with Crippen molar-refractivity contribution in [3.63, 3.8) is 0 Å². The quantitative estimate of drug-likeness (QED) is 0.735. The van der Waals surface area contributed by atoms with Crippen molar-refractivity contribution in [2.75, 3.05) is 5.32 Å². The molecule has 1 fully saturated rings. The number of hydrogen-bond donors (Lipinski definition) is 1. The van der Waals surface area contributed by atoms with E-state index in [0.717, 1.165) is 19.3 Å². The number of alkyl halides is 2. The molecule has 26 heavy (non-hydrogen) atoms. The fraction of sp³-hybridized carbons (Fsp3) is 0.333. The Hall–Kier alpha value is -2.90. The molecule has 1 aliphatic carbocycles. The molecule has 0 bridgehead atoms. The van der Waals surface area contributed by atoms with Crippen LogP contribution in [0, 0.1) is 6.92 Å². The van der Waals surface area contributed by atoms with E-state index in [1.54, 1.807) is 0 Å². The zero-order valence-electron chi connectivity index (χ0n) is 14.1. The predicted molar refractivity (Wildman–Crippen MR) is 90.6 cm³/mol. The Balaban J connectivity index is 1.55. The zero-order valence-corrected chi connectivity index (χ0v) is 14.1. The maximum absolute atomic E-state index is 12.5. The number of nitrogens with zero attached hydrogens (tertiary/aromatic N) is 4. The van der Waals surface area contributed by atoms with Crippen LogP contribution >= 0.6 is 0 Å². The van der Waals surface area contributed by atoms with Gasteiger partial charge in [-0.1, -0.05) is 29.8 Å². The molecule has 3 aromatic rings. The van der Waals surface area contributed by atoms with Gasteiger partial charge in [0.05, 0.1) is 11.1 Å². The van der Waals surface area contributed by atoms with E-state index in [9.17, 15) is 8.78 Å². The second-order valence-electron chi connectivity index (χ2n) is 6.47. The maximum atomic E-state index is 12.5. The van der Waals surface area contributed by atoms with E-state index >= 15 is 0 Å². The molecule has 1 N–H and O–H groups in total. The van der Waals surface area contributed by atoms with Crippen LogP contribution in [0.5, 0.6) is 0 Å². The molecule has 0 aliphatic heterocycles. The average molecular weight is 357 g/mol. The molecule has 1 aromatic carbocycles. The maximum Gasteiger partial charge on any atom is 0.314 e. The van der Waals surface area contributed by atoms with Gasteiger partial charge >= 0.3 is 6.43 Å². The van der Waals surface area contributed by atoms with Crippen LogP contribution in [0.2, 0.25) is 0 Å². The van der Waals surface area contributed by atoms with E-state index < -0.39 is 12.3 Å². The molecule has 2 heterocycles. The minimum atomic E-state index is -2.80. The van der Waals surface area contributed by atoms with Gasteiger partial charge in [-0.3, -0.25) is 0 Å². The predicted octanol–water partition coefficient (Wildman–Crippen LogP) is 4.26. The van der Waals surface area contributed by atoms with E-state index in [2.05, 4.69) is 50.6 Å². The van der Waals surface area contributed by atoms with Crippen LogP contribution in [-0.2, 0) is 5.54 Å². The van der Waals surface area contributed by atoms with Gasteiger partial charge in [0.1, 0.15) is 0 Å². The first-order chi connectivity index (χ1) is 12.6. The number of hydrogen-bond acceptors (Lipinski definition) is 6. The number of aryl methyl sites for hydroxylation is 1. The van der Waals surface area contributed by atoms with E-state index in [-0.39, 0.29) is 11.4 Å². The summed E-state index contributed by atoms with van der Waals surface area (Å²) in [5.41, 5.74) is 2.65. The van der Waals surface area contributed by atoms with Gasteiger partial charge in [0.2, 0.25) is 5.95 Å². The van der Waals surface area contributed by atoms with Gasteiger partial charge in [0.25, 0.3) is 11.8 Å². The highest BCUT2D eigenvalue weighted by molar-refractivity contribution is 5.51. The minimum absolute atomic E-state index is 0.0242. The summed E-state index contributed by atoms with van der Waals surface area (Å²) in [5.74, 6) is -0.262. The Bertz CT molecular complexity index is 906. The standard InChI is InChI=1S/C18H17F2N5O/c1-11-4-2-5-13(8-11)18(6-3-7-18)23-17-21-9-12(10-22-17)15-24-25-16(26-15)14(19)20/h2,4-5,8-10,14H,3,6-7H2,1H3,(H,21,22,23). The van der Waals surface area contributed by atoms with Crippen LogP contribution in [0.25, 0.3) is 11.5 Å². The molecular weight excluding hydrogens is 340 g/mol. The molecule has 0 radical (unpaired) electrons. The fourth-order valence-corrected chi connectivity index (χ4v) is 3.12. The molecular formula is C18H17F2N5O. The summed E-state index contributed by atoms with van der Waals surface area (Å²) in [4.78, 5) is 8.57. The van der Waals surface area contributed by atoms with E-state index in [4.69, 9.17) is 4.42 Å². The van der Waals surface area contributed by atoms with E-state index in [1.165, 1.54) is 23.5 Å². The van der Waals surface area contributed by atoms with Crippen molar-refractivity contribution in [1.82, 2.24) is 20.2 Å². The Kier molecular flexibility index (Phi) is 4.10. The molecule has 0 unspecified atom stereocenters. The summed E-state index contributed by atoms with van der Waals surface area (Å²) >= 11 is 0. The van der Waals surface area contributed by atoms with Crippen LogP contribution in [0.1, 0.15) is 42.7 Å². The lowest BCUT2D eigenvalue weighted by molar-refractivity contribution is 0.116. The first-order valence-corrected chi connectivity index (χ1v) is 8.35. The number of halogens is 2. The Labute approximate surface area is 148 Å². The van der Waals surface area contributed by atoms with Crippen molar-refractivity contribution < 1.29 is 13.2 Å². The van der Waals surface area contributed by atoms with Crippen LogP contribution in [0.4, 0.5) is 14.7 Å². The summed E-state index contributed by atoms with van der Waals surface area (Å²) in [6.07, 6.45) is 3.32. The van der Waals surface area contributed by atoms with Crippen LogP contribution in [-0.4, -0.2) is 20.2 Å². The van der Waals surface area contributed by atoms with Crippen molar-refractivity contribution in [3.8, 4) is 11.5 Å². The molecule has 2 aromatic heterocycles. The van der Waals surface area contributed by atoms with Crippen molar-refractivity contribution in [2.45, 2.75) is 38.2 Å². The number of rotatable bonds is 5. The SMILES string of the molecule is Cc1cccc(C2(Nc3ncc(-c4nnc(C(F)F)o4)cn3)CCC2)c1. The first kappa shape index (κ1) is 16.6. The van der Waals surface area contributed by atoms with Crippen LogP contribution in [0.3, 0.4) is 0 Å². The molecule has 8 heteroatoms. The van der Waals surface area contributed by atoms with Gasteiger partial charge in [-0.2, -0.15) is 8.78 Å². The summed E-state index contributed by atoms with van der Waals surface area (Å²) in [6, 6.07) is 8.40. The number of anilines is 1. The second-order valence-corrected chi connectivity index (χ2v) is 6.47. The normalized spacial score (nSPS) is 15.7. The number of benzene rings is 1. The Morgan fingerprint density at radius 3 is 2.50 bits per heavy atom. The molecule has 4 rings (SSSR count). The summed E-state index contributed by atoms with van der Waals surface area (Å²) in [5, 5.41) is 10.3. The molecule has 0 saturated heterocycles. The minimum Gasteiger partial charge on any atom is -0.415 e.